The van der Waals surface area contributed by atoms with Crippen molar-refractivity contribution in [3.05, 3.63) is 16.3 Å². The number of hydrogen-bond acceptors (Lipinski definition) is 3. The van der Waals surface area contributed by atoms with Crippen molar-refractivity contribution >= 4 is 5.91 Å². The fourth-order valence-corrected chi connectivity index (χ4v) is 1.43. The van der Waals surface area contributed by atoms with E-state index in [0.717, 1.165) is 7.05 Å². The predicted octanol–water partition coefficient (Wildman–Crippen LogP) is 0.515. The van der Waals surface area contributed by atoms with Crippen LogP contribution >= 0.6 is 0 Å². The predicted molar refractivity (Wildman–Crippen MR) is 60.4 cm³/mol. The maximum Gasteiger partial charge on any atom is 0.451 e. The Hall–Kier alpha value is -1.80. The number of halogens is 3. The van der Waals surface area contributed by atoms with E-state index in [1.165, 1.54) is 0 Å². The summed E-state index contributed by atoms with van der Waals surface area (Å²) in [4.78, 5) is 23.1. The van der Waals surface area contributed by atoms with Crippen molar-refractivity contribution < 1.29 is 18.0 Å². The van der Waals surface area contributed by atoms with E-state index >= 15 is 0 Å². The monoisotopic (exact) mass is 280 g/mol. The summed E-state index contributed by atoms with van der Waals surface area (Å²) in [6, 6.07) is 0. The molecular formula is C10H15F3N4O2. The van der Waals surface area contributed by atoms with E-state index in [2.05, 4.69) is 10.4 Å². The minimum absolute atomic E-state index is 0.365. The fourth-order valence-electron chi connectivity index (χ4n) is 1.43. The number of carbonyl (C=O) groups is 1. The van der Waals surface area contributed by atoms with E-state index < -0.39 is 35.7 Å². The lowest BCUT2D eigenvalue weighted by molar-refractivity contribution is -0.147. The van der Waals surface area contributed by atoms with Crippen LogP contribution in [-0.4, -0.2) is 25.8 Å². The highest BCUT2D eigenvalue weighted by molar-refractivity contribution is 5.76. The van der Waals surface area contributed by atoms with Crippen LogP contribution in [0.15, 0.2) is 4.79 Å². The molecule has 0 aromatic carbocycles. The number of hydrogen-bond donors (Lipinski definition) is 1. The van der Waals surface area contributed by atoms with Gasteiger partial charge in [0.2, 0.25) is 11.7 Å². The van der Waals surface area contributed by atoms with Crippen LogP contribution in [0.25, 0.3) is 0 Å². The highest BCUT2D eigenvalue weighted by atomic mass is 19.4. The van der Waals surface area contributed by atoms with Gasteiger partial charge in [-0.15, -0.1) is 5.10 Å². The standard InChI is InChI=1S/C10H15F3N4O2/c1-9(2,3)14-6(18)5-17-8(19)16(4)7(15-17)10(11,12)13/h5H2,1-4H3,(H,14,18). The quantitative estimate of drug-likeness (QED) is 0.858. The van der Waals surface area contributed by atoms with Crippen LogP contribution in [0.5, 0.6) is 0 Å². The zero-order chi connectivity index (χ0) is 15.0. The Labute approximate surface area is 107 Å². The van der Waals surface area contributed by atoms with E-state index in [9.17, 15) is 22.8 Å². The Balaban J connectivity index is 2.99. The summed E-state index contributed by atoms with van der Waals surface area (Å²) in [5.41, 5.74) is -1.53. The number of aromatic nitrogens is 3. The molecule has 0 aliphatic carbocycles. The van der Waals surface area contributed by atoms with Gasteiger partial charge >= 0.3 is 11.9 Å². The van der Waals surface area contributed by atoms with Gasteiger partial charge in [0.15, 0.2) is 0 Å². The number of amides is 1. The van der Waals surface area contributed by atoms with Crippen LogP contribution in [-0.2, 0) is 24.6 Å². The van der Waals surface area contributed by atoms with E-state index in [1.807, 2.05) is 0 Å². The largest absolute Gasteiger partial charge is 0.451 e. The third-order valence-electron chi connectivity index (χ3n) is 2.10. The summed E-state index contributed by atoms with van der Waals surface area (Å²) in [6.07, 6.45) is -4.74. The van der Waals surface area contributed by atoms with Crippen molar-refractivity contribution in [1.82, 2.24) is 19.7 Å². The van der Waals surface area contributed by atoms with Crippen molar-refractivity contribution in [3.63, 3.8) is 0 Å². The Morgan fingerprint density at radius 1 is 1.32 bits per heavy atom. The van der Waals surface area contributed by atoms with E-state index in [4.69, 9.17) is 0 Å². The van der Waals surface area contributed by atoms with E-state index in [1.54, 1.807) is 20.8 Å². The molecule has 0 aliphatic heterocycles. The second-order valence-corrected chi connectivity index (χ2v) is 5.12. The number of carbonyl (C=O) groups excluding carboxylic acids is 1. The molecule has 108 valence electrons. The molecule has 6 nitrogen and oxygen atoms in total. The summed E-state index contributed by atoms with van der Waals surface area (Å²) in [6.45, 7) is 4.59. The molecule has 1 N–H and O–H groups in total. The lowest BCUT2D eigenvalue weighted by atomic mass is 10.1. The third kappa shape index (κ3) is 3.83. The van der Waals surface area contributed by atoms with Gasteiger partial charge in [-0.05, 0) is 20.8 Å². The molecule has 0 saturated carbocycles. The lowest BCUT2D eigenvalue weighted by Crippen LogP contribution is -2.43. The molecule has 1 aromatic rings. The van der Waals surface area contributed by atoms with Crippen LogP contribution in [0.1, 0.15) is 26.6 Å². The normalized spacial score (nSPS) is 12.6. The molecule has 0 fully saturated rings. The maximum atomic E-state index is 12.5. The molecule has 1 rings (SSSR count). The van der Waals surface area contributed by atoms with Crippen LogP contribution < -0.4 is 11.0 Å². The summed E-state index contributed by atoms with van der Waals surface area (Å²) in [7, 11) is 0.955. The lowest BCUT2D eigenvalue weighted by Gasteiger charge is -2.20. The minimum Gasteiger partial charge on any atom is -0.350 e. The first-order valence-corrected chi connectivity index (χ1v) is 5.44. The van der Waals surface area contributed by atoms with Gasteiger partial charge < -0.3 is 5.32 Å². The van der Waals surface area contributed by atoms with E-state index in [0.29, 0.717) is 9.25 Å². The van der Waals surface area contributed by atoms with Crippen LogP contribution in [0.3, 0.4) is 0 Å². The second kappa shape index (κ2) is 4.71. The highest BCUT2D eigenvalue weighted by Crippen LogP contribution is 2.25. The van der Waals surface area contributed by atoms with Gasteiger partial charge in [-0.1, -0.05) is 0 Å². The Kier molecular flexibility index (Phi) is 3.78. The average Bonchev–Trinajstić information content (AvgIpc) is 2.42. The Morgan fingerprint density at radius 2 is 1.84 bits per heavy atom. The van der Waals surface area contributed by atoms with Crippen molar-refractivity contribution in [1.29, 1.82) is 0 Å². The smallest absolute Gasteiger partial charge is 0.350 e. The van der Waals surface area contributed by atoms with Crippen molar-refractivity contribution in [2.24, 2.45) is 7.05 Å². The third-order valence-corrected chi connectivity index (χ3v) is 2.10. The molecule has 0 spiro atoms. The van der Waals surface area contributed by atoms with Gasteiger partial charge in [0, 0.05) is 12.6 Å². The average molecular weight is 280 g/mol. The fraction of sp³-hybridized carbons (Fsp3) is 0.700. The summed E-state index contributed by atoms with van der Waals surface area (Å²) < 4.78 is 38.4. The number of alkyl halides is 3. The van der Waals surface area contributed by atoms with Gasteiger partial charge in [0.05, 0.1) is 0 Å². The summed E-state index contributed by atoms with van der Waals surface area (Å²) in [5.74, 6) is -1.91. The zero-order valence-corrected chi connectivity index (χ0v) is 11.0. The topological polar surface area (TPSA) is 68.9 Å². The molecule has 0 saturated heterocycles. The van der Waals surface area contributed by atoms with Crippen LogP contribution in [0.2, 0.25) is 0 Å². The molecule has 0 radical (unpaired) electrons. The Morgan fingerprint density at radius 3 is 2.21 bits per heavy atom. The number of nitrogens with zero attached hydrogens (tertiary/aromatic N) is 3. The molecule has 1 aromatic heterocycles. The number of nitrogens with one attached hydrogen (secondary N) is 1. The molecule has 9 heteroatoms. The number of rotatable bonds is 2. The molecule has 0 bridgehead atoms. The molecule has 0 aliphatic rings. The van der Waals surface area contributed by atoms with Crippen molar-refractivity contribution in [3.8, 4) is 0 Å². The molecule has 0 atom stereocenters. The zero-order valence-electron chi connectivity index (χ0n) is 11.0. The maximum absolute atomic E-state index is 12.5. The van der Waals surface area contributed by atoms with Gasteiger partial charge in [-0.2, -0.15) is 13.2 Å². The SMILES string of the molecule is Cn1c(C(F)(F)F)nn(CC(=O)NC(C)(C)C)c1=O. The van der Waals surface area contributed by atoms with Gasteiger partial charge in [0.25, 0.3) is 0 Å². The molecular weight excluding hydrogens is 265 g/mol. The second-order valence-electron chi connectivity index (χ2n) is 5.12. The first kappa shape index (κ1) is 15.3. The first-order valence-electron chi connectivity index (χ1n) is 5.44. The minimum atomic E-state index is -4.74. The molecule has 1 heterocycles. The van der Waals surface area contributed by atoms with Gasteiger partial charge in [0.1, 0.15) is 6.54 Å². The molecule has 0 unspecified atom stereocenters. The summed E-state index contributed by atoms with van der Waals surface area (Å²) >= 11 is 0. The van der Waals surface area contributed by atoms with Crippen molar-refractivity contribution in [2.45, 2.75) is 39.0 Å². The molecule has 19 heavy (non-hydrogen) atoms. The summed E-state index contributed by atoms with van der Waals surface area (Å²) in [5, 5.41) is 5.67. The van der Waals surface area contributed by atoms with Gasteiger partial charge in [-0.25, -0.2) is 9.48 Å². The van der Waals surface area contributed by atoms with Crippen molar-refractivity contribution in [2.75, 3.05) is 0 Å². The van der Waals surface area contributed by atoms with Gasteiger partial charge in [-0.3, -0.25) is 9.36 Å². The van der Waals surface area contributed by atoms with E-state index in [-0.39, 0.29) is 0 Å². The first-order chi connectivity index (χ1) is 8.42. The highest BCUT2D eigenvalue weighted by Gasteiger charge is 2.38. The van der Waals surface area contributed by atoms with Crippen LogP contribution in [0.4, 0.5) is 13.2 Å². The van der Waals surface area contributed by atoms with Crippen LogP contribution in [0, 0.1) is 0 Å². The Bertz CT molecular complexity index is 536. The molecule has 1 amide bonds.